The molecule has 0 heterocycles. The fourth-order valence-electron chi connectivity index (χ4n) is 1.80. The average molecular weight is 309 g/mol. The lowest BCUT2D eigenvalue weighted by molar-refractivity contribution is 0.0691. The van der Waals surface area contributed by atoms with Crippen molar-refractivity contribution in [2.75, 3.05) is 4.72 Å². The first-order chi connectivity index (χ1) is 9.81. The van der Waals surface area contributed by atoms with Gasteiger partial charge >= 0.3 is 5.97 Å². The summed E-state index contributed by atoms with van der Waals surface area (Å²) in [6, 6.07) is 10.1. The van der Waals surface area contributed by atoms with Gasteiger partial charge in [0.25, 0.3) is 10.0 Å². The number of sulfonamides is 1. The fraction of sp³-hybridized carbons (Fsp3) is 0.0714. The molecule has 2 rings (SSSR count). The van der Waals surface area contributed by atoms with Crippen molar-refractivity contribution >= 4 is 21.7 Å². The zero-order valence-corrected chi connectivity index (χ0v) is 11.8. The van der Waals surface area contributed by atoms with Gasteiger partial charge in [0.05, 0.1) is 5.56 Å². The third-order valence-corrected chi connectivity index (χ3v) is 4.11. The number of anilines is 1. The molecule has 5 nitrogen and oxygen atoms in total. The smallest absolute Gasteiger partial charge is 0.338 e. The van der Waals surface area contributed by atoms with E-state index in [0.29, 0.717) is 5.56 Å². The third-order valence-electron chi connectivity index (χ3n) is 2.73. The lowest BCUT2D eigenvalue weighted by atomic mass is 10.1. The molecule has 2 aromatic rings. The van der Waals surface area contributed by atoms with Gasteiger partial charge < -0.3 is 5.11 Å². The molecule has 0 radical (unpaired) electrons. The van der Waals surface area contributed by atoms with E-state index in [1.54, 1.807) is 18.2 Å². The Labute approximate surface area is 121 Å². The molecule has 7 heteroatoms. The molecule has 0 saturated carbocycles. The maximum atomic E-state index is 14.1. The van der Waals surface area contributed by atoms with Gasteiger partial charge in [0.15, 0.2) is 5.82 Å². The molecular weight excluding hydrogens is 297 g/mol. The number of halogens is 1. The molecule has 0 atom stereocenters. The predicted octanol–water partition coefficient (Wildman–Crippen LogP) is 2.63. The summed E-state index contributed by atoms with van der Waals surface area (Å²) >= 11 is 0. The highest BCUT2D eigenvalue weighted by atomic mass is 32.2. The van der Waals surface area contributed by atoms with Gasteiger partial charge in [-0.3, -0.25) is 4.72 Å². The van der Waals surface area contributed by atoms with E-state index in [9.17, 15) is 17.6 Å². The van der Waals surface area contributed by atoms with Crippen LogP contribution in [0.3, 0.4) is 0 Å². The second-order valence-electron chi connectivity index (χ2n) is 4.40. The lowest BCUT2D eigenvalue weighted by Gasteiger charge is -2.11. The predicted molar refractivity (Wildman–Crippen MR) is 75.3 cm³/mol. The van der Waals surface area contributed by atoms with Gasteiger partial charge in [-0.1, -0.05) is 18.2 Å². The van der Waals surface area contributed by atoms with Crippen molar-refractivity contribution < 1.29 is 22.7 Å². The number of aryl methyl sites for hydroxylation is 1. The summed E-state index contributed by atoms with van der Waals surface area (Å²) in [5, 5.41) is 8.91. The first-order valence-corrected chi connectivity index (χ1v) is 7.41. The van der Waals surface area contributed by atoms with Crippen LogP contribution in [0, 0.1) is 12.7 Å². The van der Waals surface area contributed by atoms with E-state index in [1.807, 2.05) is 0 Å². The number of hydrogen-bond acceptors (Lipinski definition) is 3. The van der Waals surface area contributed by atoms with Crippen molar-refractivity contribution in [1.82, 2.24) is 0 Å². The Bertz CT molecular complexity index is 788. The van der Waals surface area contributed by atoms with E-state index in [0.717, 1.165) is 12.1 Å². The van der Waals surface area contributed by atoms with E-state index in [1.165, 1.54) is 19.1 Å². The Balaban J connectivity index is 2.53. The molecule has 0 aliphatic rings. The summed E-state index contributed by atoms with van der Waals surface area (Å²) in [6.07, 6.45) is 0. The van der Waals surface area contributed by atoms with Gasteiger partial charge in [0, 0.05) is 5.69 Å². The molecule has 0 aliphatic carbocycles. The molecule has 2 N–H and O–H groups in total. The van der Waals surface area contributed by atoms with Crippen LogP contribution in [0.15, 0.2) is 47.4 Å². The zero-order chi connectivity index (χ0) is 15.6. The quantitative estimate of drug-likeness (QED) is 0.909. The van der Waals surface area contributed by atoms with Crippen molar-refractivity contribution in [3.05, 3.63) is 59.4 Å². The number of carboxylic acid groups (broad SMARTS) is 1. The monoisotopic (exact) mass is 309 g/mol. The highest BCUT2D eigenvalue weighted by Crippen LogP contribution is 2.23. The molecule has 0 spiro atoms. The minimum Gasteiger partial charge on any atom is -0.478 e. The minimum absolute atomic E-state index is 0.260. The van der Waals surface area contributed by atoms with Gasteiger partial charge in [-0.25, -0.2) is 17.6 Å². The highest BCUT2D eigenvalue weighted by Gasteiger charge is 2.24. The van der Waals surface area contributed by atoms with Crippen LogP contribution in [0.1, 0.15) is 15.9 Å². The largest absolute Gasteiger partial charge is 0.478 e. The lowest BCUT2D eigenvalue weighted by Crippen LogP contribution is -2.17. The number of para-hydroxylation sites is 1. The Kier molecular flexibility index (Phi) is 3.95. The molecule has 21 heavy (non-hydrogen) atoms. The molecule has 110 valence electrons. The Hall–Kier alpha value is -2.41. The number of nitrogens with one attached hydrogen (secondary N) is 1. The molecule has 0 amide bonds. The zero-order valence-electron chi connectivity index (χ0n) is 11.0. The van der Waals surface area contributed by atoms with Crippen molar-refractivity contribution in [2.24, 2.45) is 0 Å². The van der Waals surface area contributed by atoms with Crippen molar-refractivity contribution in [3.8, 4) is 0 Å². The van der Waals surface area contributed by atoms with Crippen molar-refractivity contribution in [2.45, 2.75) is 11.8 Å². The maximum Gasteiger partial charge on any atom is 0.338 e. The van der Waals surface area contributed by atoms with E-state index >= 15 is 0 Å². The van der Waals surface area contributed by atoms with Crippen LogP contribution in [0.25, 0.3) is 0 Å². The summed E-state index contributed by atoms with van der Waals surface area (Å²) in [5.41, 5.74) is -0.0824. The second-order valence-corrected chi connectivity index (χ2v) is 6.05. The topological polar surface area (TPSA) is 83.5 Å². The molecule has 0 bridgehead atoms. The molecule has 0 unspecified atom stereocenters. The van der Waals surface area contributed by atoms with Crippen LogP contribution in [-0.4, -0.2) is 19.5 Å². The molecule has 0 saturated heterocycles. The van der Waals surface area contributed by atoms with Crippen LogP contribution < -0.4 is 4.72 Å². The van der Waals surface area contributed by atoms with E-state index in [4.69, 9.17) is 5.11 Å². The summed E-state index contributed by atoms with van der Waals surface area (Å²) in [4.78, 5) is 10.3. The summed E-state index contributed by atoms with van der Waals surface area (Å²) < 4.78 is 40.7. The molecule has 0 aromatic heterocycles. The summed E-state index contributed by atoms with van der Waals surface area (Å²) in [6.45, 7) is 1.49. The molecule has 2 aromatic carbocycles. The van der Waals surface area contributed by atoms with E-state index in [-0.39, 0.29) is 5.69 Å². The molecular formula is C14H12FNO4S. The number of rotatable bonds is 4. The van der Waals surface area contributed by atoms with Crippen LogP contribution in [0.5, 0.6) is 0 Å². The van der Waals surface area contributed by atoms with Crippen LogP contribution in [-0.2, 0) is 10.0 Å². The third kappa shape index (κ3) is 3.19. The fourth-order valence-corrected chi connectivity index (χ4v) is 3.05. The number of hydrogen-bond donors (Lipinski definition) is 2. The highest BCUT2D eigenvalue weighted by molar-refractivity contribution is 7.92. The SMILES string of the molecule is Cc1cc(C(=O)O)c(F)c(S(=O)(=O)Nc2ccccc2)c1. The number of carboxylic acids is 1. The van der Waals surface area contributed by atoms with Gasteiger partial charge in [0.1, 0.15) is 4.90 Å². The Morgan fingerprint density at radius 3 is 2.38 bits per heavy atom. The summed E-state index contributed by atoms with van der Waals surface area (Å²) in [7, 11) is -4.21. The van der Waals surface area contributed by atoms with Gasteiger partial charge in [0.2, 0.25) is 0 Å². The number of carbonyl (C=O) groups is 1. The first kappa shape index (κ1) is 15.0. The normalized spacial score (nSPS) is 11.1. The average Bonchev–Trinajstić information content (AvgIpc) is 2.41. The molecule has 0 fully saturated rings. The standard InChI is InChI=1S/C14H12FNO4S/c1-9-7-11(14(17)18)13(15)12(8-9)21(19,20)16-10-5-3-2-4-6-10/h2-8,16H,1H3,(H,17,18). The van der Waals surface area contributed by atoms with Crippen molar-refractivity contribution in [1.29, 1.82) is 0 Å². The van der Waals surface area contributed by atoms with E-state index in [2.05, 4.69) is 4.72 Å². The molecule has 0 aliphatic heterocycles. The van der Waals surface area contributed by atoms with Crippen LogP contribution >= 0.6 is 0 Å². The van der Waals surface area contributed by atoms with Gasteiger partial charge in [-0.2, -0.15) is 0 Å². The number of aromatic carboxylic acids is 1. The maximum absolute atomic E-state index is 14.1. The van der Waals surface area contributed by atoms with Crippen LogP contribution in [0.4, 0.5) is 10.1 Å². The Morgan fingerprint density at radius 2 is 1.81 bits per heavy atom. The minimum atomic E-state index is -4.21. The summed E-state index contributed by atoms with van der Waals surface area (Å²) in [5.74, 6) is -2.80. The van der Waals surface area contributed by atoms with Crippen LogP contribution in [0.2, 0.25) is 0 Å². The first-order valence-electron chi connectivity index (χ1n) is 5.92. The van der Waals surface area contributed by atoms with Crippen molar-refractivity contribution in [3.63, 3.8) is 0 Å². The second kappa shape index (κ2) is 5.53. The van der Waals surface area contributed by atoms with Gasteiger partial charge in [-0.05, 0) is 36.8 Å². The Morgan fingerprint density at radius 1 is 1.19 bits per heavy atom. The number of benzene rings is 2. The van der Waals surface area contributed by atoms with Gasteiger partial charge in [-0.15, -0.1) is 0 Å². The van der Waals surface area contributed by atoms with E-state index < -0.39 is 32.3 Å².